The SMILES string of the molecule is Cn1cc(C(=O)NCC(C(=O)O)C2CCOCC2)c(-c2cccs2)n1. The normalized spacial score (nSPS) is 16.5. The van der Waals surface area contributed by atoms with E-state index in [-0.39, 0.29) is 18.4 Å². The second kappa shape index (κ2) is 7.79. The molecule has 0 spiro atoms. The van der Waals surface area contributed by atoms with Crippen LogP contribution in [0.2, 0.25) is 0 Å². The molecule has 25 heavy (non-hydrogen) atoms. The number of ether oxygens (including phenoxy) is 1. The molecule has 8 heteroatoms. The van der Waals surface area contributed by atoms with Crippen LogP contribution in [0.1, 0.15) is 23.2 Å². The third-order valence-electron chi connectivity index (χ3n) is 4.46. The Labute approximate surface area is 149 Å². The summed E-state index contributed by atoms with van der Waals surface area (Å²) in [5.74, 6) is -1.75. The summed E-state index contributed by atoms with van der Waals surface area (Å²) in [7, 11) is 1.76. The number of hydrogen-bond donors (Lipinski definition) is 2. The van der Waals surface area contributed by atoms with Crippen LogP contribution in [0.5, 0.6) is 0 Å². The highest BCUT2D eigenvalue weighted by atomic mass is 32.1. The van der Waals surface area contributed by atoms with E-state index in [0.717, 1.165) is 4.88 Å². The van der Waals surface area contributed by atoms with Crippen LogP contribution in [0.3, 0.4) is 0 Å². The summed E-state index contributed by atoms with van der Waals surface area (Å²) < 4.78 is 6.89. The van der Waals surface area contributed by atoms with E-state index in [4.69, 9.17) is 4.74 Å². The van der Waals surface area contributed by atoms with Crippen LogP contribution >= 0.6 is 11.3 Å². The molecule has 2 aromatic rings. The van der Waals surface area contributed by atoms with Gasteiger partial charge in [-0.25, -0.2) is 0 Å². The first-order chi connectivity index (χ1) is 12.1. The molecule has 1 aliphatic rings. The number of carboxylic acids is 1. The number of hydrogen-bond acceptors (Lipinski definition) is 5. The van der Waals surface area contributed by atoms with E-state index in [1.54, 1.807) is 17.9 Å². The zero-order chi connectivity index (χ0) is 17.8. The Balaban J connectivity index is 1.70. The fraction of sp³-hybridized carbons (Fsp3) is 0.471. The Morgan fingerprint density at radius 1 is 1.48 bits per heavy atom. The maximum atomic E-state index is 12.6. The molecule has 0 saturated carbocycles. The van der Waals surface area contributed by atoms with Gasteiger partial charge in [-0.3, -0.25) is 14.3 Å². The van der Waals surface area contributed by atoms with Crippen LogP contribution in [-0.4, -0.2) is 46.5 Å². The van der Waals surface area contributed by atoms with Gasteiger partial charge in [0.1, 0.15) is 5.69 Å². The van der Waals surface area contributed by atoms with Gasteiger partial charge in [0.05, 0.1) is 16.4 Å². The maximum absolute atomic E-state index is 12.6. The molecule has 0 aromatic carbocycles. The third-order valence-corrected chi connectivity index (χ3v) is 5.34. The fourth-order valence-electron chi connectivity index (χ4n) is 3.12. The van der Waals surface area contributed by atoms with Gasteiger partial charge in [0.15, 0.2) is 0 Å². The van der Waals surface area contributed by atoms with Gasteiger partial charge in [0, 0.05) is 33.0 Å². The number of rotatable bonds is 6. The zero-order valence-electron chi connectivity index (χ0n) is 14.0. The first-order valence-electron chi connectivity index (χ1n) is 8.22. The van der Waals surface area contributed by atoms with Crippen LogP contribution in [0.25, 0.3) is 10.6 Å². The van der Waals surface area contributed by atoms with Crippen LogP contribution in [0.4, 0.5) is 0 Å². The Bertz CT molecular complexity index is 735. The molecule has 7 nitrogen and oxygen atoms in total. The number of aromatic nitrogens is 2. The number of thiophene rings is 1. The van der Waals surface area contributed by atoms with Crippen molar-refractivity contribution < 1.29 is 19.4 Å². The minimum Gasteiger partial charge on any atom is -0.481 e. The largest absolute Gasteiger partial charge is 0.481 e. The van der Waals surface area contributed by atoms with Crippen molar-refractivity contribution in [3.05, 3.63) is 29.3 Å². The first-order valence-corrected chi connectivity index (χ1v) is 9.10. The molecule has 3 rings (SSSR count). The topological polar surface area (TPSA) is 93.5 Å². The number of carbonyl (C=O) groups excluding carboxylic acids is 1. The molecule has 0 bridgehead atoms. The van der Waals surface area contributed by atoms with Gasteiger partial charge in [-0.15, -0.1) is 11.3 Å². The van der Waals surface area contributed by atoms with E-state index in [1.165, 1.54) is 11.3 Å². The van der Waals surface area contributed by atoms with Crippen molar-refractivity contribution in [1.29, 1.82) is 0 Å². The molecule has 0 aliphatic carbocycles. The molecular weight excluding hydrogens is 342 g/mol. The van der Waals surface area contributed by atoms with E-state index < -0.39 is 11.9 Å². The van der Waals surface area contributed by atoms with Crippen molar-refractivity contribution in [2.24, 2.45) is 18.9 Å². The molecule has 3 heterocycles. The van der Waals surface area contributed by atoms with E-state index in [0.29, 0.717) is 37.3 Å². The number of nitrogens with one attached hydrogen (secondary N) is 1. The highest BCUT2D eigenvalue weighted by molar-refractivity contribution is 7.13. The molecule has 1 fully saturated rings. The van der Waals surface area contributed by atoms with Crippen LogP contribution in [0, 0.1) is 11.8 Å². The Morgan fingerprint density at radius 3 is 2.88 bits per heavy atom. The summed E-state index contributed by atoms with van der Waals surface area (Å²) >= 11 is 1.51. The van der Waals surface area contributed by atoms with Gasteiger partial charge < -0.3 is 15.2 Å². The standard InChI is InChI=1S/C17H21N3O4S/c1-20-10-13(15(19-20)14-3-2-8-25-14)16(21)18-9-12(17(22)23)11-4-6-24-7-5-11/h2-3,8,10-12H,4-7,9H2,1H3,(H,18,21)(H,22,23). The average Bonchev–Trinajstić information content (AvgIpc) is 3.24. The molecule has 2 aromatic heterocycles. The number of amides is 1. The lowest BCUT2D eigenvalue weighted by molar-refractivity contribution is -0.144. The minimum atomic E-state index is -0.878. The Kier molecular flexibility index (Phi) is 5.50. The molecule has 0 radical (unpaired) electrons. The van der Waals surface area contributed by atoms with Gasteiger partial charge in [-0.1, -0.05) is 6.07 Å². The second-order valence-electron chi connectivity index (χ2n) is 6.15. The third kappa shape index (κ3) is 4.08. The van der Waals surface area contributed by atoms with Gasteiger partial charge in [-0.2, -0.15) is 5.10 Å². The van der Waals surface area contributed by atoms with Crippen LogP contribution in [-0.2, 0) is 16.6 Å². The number of carboxylic acid groups (broad SMARTS) is 1. The summed E-state index contributed by atoms with van der Waals surface area (Å²) in [4.78, 5) is 25.1. The van der Waals surface area contributed by atoms with Crippen molar-refractivity contribution in [1.82, 2.24) is 15.1 Å². The van der Waals surface area contributed by atoms with Gasteiger partial charge in [-0.05, 0) is 30.2 Å². The molecule has 2 N–H and O–H groups in total. The summed E-state index contributed by atoms with van der Waals surface area (Å²) in [5, 5.41) is 18.6. The number of aryl methyl sites for hydroxylation is 1. The van der Waals surface area contributed by atoms with Crippen molar-refractivity contribution in [2.45, 2.75) is 12.8 Å². The van der Waals surface area contributed by atoms with Crippen LogP contribution < -0.4 is 5.32 Å². The second-order valence-corrected chi connectivity index (χ2v) is 7.09. The number of carbonyl (C=O) groups is 2. The predicted molar refractivity (Wildman–Crippen MR) is 93.5 cm³/mol. The minimum absolute atomic E-state index is 0.0252. The van der Waals surface area contributed by atoms with Crippen molar-refractivity contribution in [3.8, 4) is 10.6 Å². The van der Waals surface area contributed by atoms with Crippen molar-refractivity contribution in [3.63, 3.8) is 0 Å². The summed E-state index contributed by atoms with van der Waals surface area (Å²) in [6.07, 6.45) is 3.08. The smallest absolute Gasteiger partial charge is 0.308 e. The Morgan fingerprint density at radius 2 is 2.24 bits per heavy atom. The summed E-state index contributed by atoms with van der Waals surface area (Å²) in [5.41, 5.74) is 1.08. The summed E-state index contributed by atoms with van der Waals surface area (Å²) in [6.45, 7) is 1.26. The monoisotopic (exact) mass is 363 g/mol. The predicted octanol–water partition coefficient (Wildman–Crippen LogP) is 2.01. The lowest BCUT2D eigenvalue weighted by Crippen LogP contribution is -2.39. The molecule has 1 atom stereocenters. The van der Waals surface area contributed by atoms with Crippen molar-refractivity contribution in [2.75, 3.05) is 19.8 Å². The van der Waals surface area contributed by atoms with Gasteiger partial charge in [0.2, 0.25) is 0 Å². The molecule has 1 amide bonds. The molecule has 1 unspecified atom stereocenters. The van der Waals surface area contributed by atoms with E-state index in [1.807, 2.05) is 17.5 Å². The lowest BCUT2D eigenvalue weighted by atomic mass is 9.86. The maximum Gasteiger partial charge on any atom is 0.308 e. The van der Waals surface area contributed by atoms with Gasteiger partial charge in [0.25, 0.3) is 5.91 Å². The van der Waals surface area contributed by atoms with E-state index in [9.17, 15) is 14.7 Å². The van der Waals surface area contributed by atoms with Crippen molar-refractivity contribution >= 4 is 23.2 Å². The van der Waals surface area contributed by atoms with Gasteiger partial charge >= 0.3 is 5.97 Å². The lowest BCUT2D eigenvalue weighted by Gasteiger charge is -2.27. The average molecular weight is 363 g/mol. The zero-order valence-corrected chi connectivity index (χ0v) is 14.8. The highest BCUT2D eigenvalue weighted by Gasteiger charge is 2.30. The quantitative estimate of drug-likeness (QED) is 0.819. The molecular formula is C17H21N3O4S. The molecule has 1 saturated heterocycles. The first kappa shape index (κ1) is 17.6. The summed E-state index contributed by atoms with van der Waals surface area (Å²) in [6, 6.07) is 3.81. The Hall–Kier alpha value is -2.19. The molecule has 1 aliphatic heterocycles. The van der Waals surface area contributed by atoms with E-state index in [2.05, 4.69) is 10.4 Å². The highest BCUT2D eigenvalue weighted by Crippen LogP contribution is 2.27. The van der Waals surface area contributed by atoms with E-state index >= 15 is 0 Å². The molecule has 134 valence electrons. The fourth-order valence-corrected chi connectivity index (χ4v) is 3.84. The van der Waals surface area contributed by atoms with Crippen LogP contribution in [0.15, 0.2) is 23.7 Å². The number of nitrogens with zero attached hydrogens (tertiary/aromatic N) is 2. The number of aliphatic carboxylic acids is 1.